The van der Waals surface area contributed by atoms with Crippen LogP contribution in [-0.4, -0.2) is 16.2 Å². The quantitative estimate of drug-likeness (QED) is 0.594. The van der Waals surface area contributed by atoms with E-state index in [-0.39, 0.29) is 21.6 Å². The maximum absolute atomic E-state index is 13.2. The monoisotopic (exact) mass is 277 g/mol. The summed E-state index contributed by atoms with van der Waals surface area (Å²) in [6.07, 6.45) is 0. The second-order valence-electron chi connectivity index (χ2n) is 4.29. The van der Waals surface area contributed by atoms with Crippen LogP contribution in [-0.2, 0) is 0 Å². The summed E-state index contributed by atoms with van der Waals surface area (Å²) in [5.74, 6) is -3.25. The molecular weight excluding hydrogens is 271 g/mol. The molecule has 0 fully saturated rings. The number of rotatable bonds is 1. The van der Waals surface area contributed by atoms with Gasteiger partial charge < -0.3 is 5.21 Å². The van der Waals surface area contributed by atoms with E-state index in [2.05, 4.69) is 0 Å². The molecule has 0 radical (unpaired) electrons. The number of hydrogen-bond acceptors (Lipinski definition) is 2. The Morgan fingerprint density at radius 2 is 1.55 bits per heavy atom. The number of nitrogens with zero attached hydrogens (tertiary/aromatic N) is 1. The van der Waals surface area contributed by atoms with Crippen LogP contribution in [0.2, 0.25) is 0 Å². The molecule has 100 valence electrons. The van der Waals surface area contributed by atoms with Crippen LogP contribution in [0.1, 0.15) is 15.9 Å². The summed E-state index contributed by atoms with van der Waals surface area (Å²) in [4.78, 5) is 12.1. The van der Waals surface area contributed by atoms with Gasteiger partial charge in [-0.05, 0) is 24.3 Å². The number of carbonyl (C=O) groups excluding carboxylic acids is 1. The van der Waals surface area contributed by atoms with Gasteiger partial charge in [0.1, 0.15) is 23.0 Å². The SMILES string of the molecule is O=C1C(c2cc(F)cc(F)c2)=[N+]([O-])c2ccc(F)cc21. The van der Waals surface area contributed by atoms with Crippen LogP contribution in [0.3, 0.4) is 0 Å². The van der Waals surface area contributed by atoms with Crippen LogP contribution in [0.25, 0.3) is 0 Å². The van der Waals surface area contributed by atoms with E-state index in [0.717, 1.165) is 30.3 Å². The second-order valence-corrected chi connectivity index (χ2v) is 4.29. The van der Waals surface area contributed by atoms with Gasteiger partial charge in [0.15, 0.2) is 0 Å². The highest BCUT2D eigenvalue weighted by Gasteiger charge is 2.37. The fraction of sp³-hybridized carbons (Fsp3) is 0. The van der Waals surface area contributed by atoms with E-state index < -0.39 is 28.9 Å². The van der Waals surface area contributed by atoms with Gasteiger partial charge >= 0.3 is 0 Å². The Morgan fingerprint density at radius 3 is 2.20 bits per heavy atom. The van der Waals surface area contributed by atoms with Gasteiger partial charge in [-0.2, -0.15) is 4.74 Å². The first-order valence-electron chi connectivity index (χ1n) is 5.62. The van der Waals surface area contributed by atoms with E-state index in [9.17, 15) is 23.2 Å². The summed E-state index contributed by atoms with van der Waals surface area (Å²) >= 11 is 0. The highest BCUT2D eigenvalue weighted by Crippen LogP contribution is 2.29. The molecular formula is C14H6F3NO2. The number of halogens is 3. The van der Waals surface area contributed by atoms with E-state index in [1.807, 2.05) is 0 Å². The average Bonchev–Trinajstić information content (AvgIpc) is 2.60. The Kier molecular flexibility index (Phi) is 2.60. The fourth-order valence-corrected chi connectivity index (χ4v) is 2.15. The van der Waals surface area contributed by atoms with Gasteiger partial charge in [-0.1, -0.05) is 0 Å². The molecule has 0 bridgehead atoms. The van der Waals surface area contributed by atoms with Crippen LogP contribution < -0.4 is 0 Å². The molecule has 1 aliphatic rings. The minimum atomic E-state index is -0.907. The van der Waals surface area contributed by atoms with Crippen LogP contribution >= 0.6 is 0 Å². The van der Waals surface area contributed by atoms with Crippen LogP contribution in [0, 0.1) is 22.7 Å². The number of hydrogen-bond donors (Lipinski definition) is 0. The summed E-state index contributed by atoms with van der Waals surface area (Å²) in [6.45, 7) is 0. The summed E-state index contributed by atoms with van der Waals surface area (Å²) in [7, 11) is 0. The summed E-state index contributed by atoms with van der Waals surface area (Å²) in [5, 5.41) is 12.0. The molecule has 20 heavy (non-hydrogen) atoms. The van der Waals surface area contributed by atoms with Crippen LogP contribution in [0.5, 0.6) is 0 Å². The van der Waals surface area contributed by atoms with Gasteiger partial charge in [0.2, 0.25) is 5.69 Å². The van der Waals surface area contributed by atoms with E-state index >= 15 is 0 Å². The minimum absolute atomic E-state index is 0.0453. The lowest BCUT2D eigenvalue weighted by molar-refractivity contribution is -0.355. The summed E-state index contributed by atoms with van der Waals surface area (Å²) < 4.78 is 39.7. The Balaban J connectivity index is 2.21. The predicted molar refractivity (Wildman–Crippen MR) is 64.5 cm³/mol. The number of fused-ring (bicyclic) bond motifs is 1. The van der Waals surface area contributed by atoms with Gasteiger partial charge in [0.25, 0.3) is 11.5 Å². The lowest BCUT2D eigenvalue weighted by Gasteiger charge is -2.02. The molecule has 0 atom stereocenters. The number of carbonyl (C=O) groups is 1. The Hall–Kier alpha value is -2.63. The van der Waals surface area contributed by atoms with Crippen molar-refractivity contribution in [2.75, 3.05) is 0 Å². The van der Waals surface area contributed by atoms with Gasteiger partial charge in [-0.15, -0.1) is 0 Å². The zero-order valence-electron chi connectivity index (χ0n) is 9.86. The first-order chi connectivity index (χ1) is 9.47. The van der Waals surface area contributed by atoms with Crippen LogP contribution in [0.15, 0.2) is 36.4 Å². The predicted octanol–water partition coefficient (Wildman–Crippen LogP) is 2.93. The molecule has 2 aromatic rings. The first-order valence-corrected chi connectivity index (χ1v) is 5.62. The molecule has 0 aromatic heterocycles. The molecule has 6 heteroatoms. The molecule has 0 amide bonds. The van der Waals surface area contributed by atoms with Crippen molar-refractivity contribution < 1.29 is 22.7 Å². The molecule has 3 rings (SSSR count). The molecule has 0 saturated heterocycles. The third kappa shape index (κ3) is 1.77. The molecule has 0 spiro atoms. The van der Waals surface area contributed by atoms with Gasteiger partial charge in [-0.3, -0.25) is 4.79 Å². The van der Waals surface area contributed by atoms with Crippen molar-refractivity contribution in [3.63, 3.8) is 0 Å². The van der Waals surface area contributed by atoms with Crippen molar-refractivity contribution in [2.45, 2.75) is 0 Å². The Bertz CT molecular complexity index is 764. The van der Waals surface area contributed by atoms with Crippen molar-refractivity contribution in [2.24, 2.45) is 0 Å². The molecule has 0 saturated carbocycles. The molecule has 3 nitrogen and oxygen atoms in total. The Morgan fingerprint density at radius 1 is 0.900 bits per heavy atom. The standard InChI is InChI=1S/C14H6F3NO2/c15-8-1-2-12-11(6-8)14(19)13(18(12)20)7-3-9(16)5-10(17)4-7/h1-6H. The number of benzene rings is 2. The molecule has 0 unspecified atom stereocenters. The van der Waals surface area contributed by atoms with Gasteiger partial charge in [0.05, 0.1) is 5.56 Å². The van der Waals surface area contributed by atoms with E-state index in [4.69, 9.17) is 0 Å². The Labute approximate surface area is 111 Å². The topological polar surface area (TPSA) is 43.1 Å². The van der Waals surface area contributed by atoms with E-state index in [1.165, 1.54) is 0 Å². The van der Waals surface area contributed by atoms with Gasteiger partial charge in [0, 0.05) is 12.1 Å². The van der Waals surface area contributed by atoms with Crippen molar-refractivity contribution in [1.82, 2.24) is 0 Å². The van der Waals surface area contributed by atoms with Crippen molar-refractivity contribution in [3.8, 4) is 0 Å². The number of ketones is 1. The van der Waals surface area contributed by atoms with Gasteiger partial charge in [-0.25, -0.2) is 13.2 Å². The molecule has 2 aromatic carbocycles. The zero-order valence-corrected chi connectivity index (χ0v) is 9.86. The largest absolute Gasteiger partial charge is 0.618 e. The highest BCUT2D eigenvalue weighted by molar-refractivity contribution is 6.52. The van der Waals surface area contributed by atoms with Crippen molar-refractivity contribution in [1.29, 1.82) is 0 Å². The lowest BCUT2D eigenvalue weighted by Crippen LogP contribution is -2.17. The number of Topliss-reactive ketones (excluding diaryl/α,β-unsaturated/α-hetero) is 1. The maximum Gasteiger partial charge on any atom is 0.273 e. The first kappa shape index (κ1) is 12.4. The maximum atomic E-state index is 13.2. The van der Waals surface area contributed by atoms with Crippen LogP contribution in [0.4, 0.5) is 18.9 Å². The summed E-state index contributed by atoms with van der Waals surface area (Å²) in [5.41, 5.74) is -0.779. The highest BCUT2D eigenvalue weighted by atomic mass is 19.1. The average molecular weight is 277 g/mol. The summed E-state index contributed by atoms with van der Waals surface area (Å²) in [6, 6.07) is 5.49. The molecule has 1 aliphatic heterocycles. The van der Waals surface area contributed by atoms with E-state index in [1.54, 1.807) is 0 Å². The molecule has 0 aliphatic carbocycles. The zero-order chi connectivity index (χ0) is 14.4. The molecule has 1 heterocycles. The minimum Gasteiger partial charge on any atom is -0.618 e. The normalized spacial score (nSPS) is 13.8. The third-order valence-electron chi connectivity index (χ3n) is 2.98. The van der Waals surface area contributed by atoms with Crippen molar-refractivity contribution >= 4 is 17.2 Å². The second kappa shape index (κ2) is 4.19. The third-order valence-corrected chi connectivity index (χ3v) is 2.98. The fourth-order valence-electron chi connectivity index (χ4n) is 2.15. The molecule has 0 N–H and O–H groups in total. The van der Waals surface area contributed by atoms with Crippen molar-refractivity contribution in [3.05, 3.63) is 70.2 Å². The smallest absolute Gasteiger partial charge is 0.273 e. The lowest BCUT2D eigenvalue weighted by atomic mass is 10.0. The van der Waals surface area contributed by atoms with E-state index in [0.29, 0.717) is 6.07 Å².